The molecule has 0 bridgehead atoms. The Balaban J connectivity index is 1.84. The van der Waals surface area contributed by atoms with Crippen molar-refractivity contribution in [1.82, 2.24) is 5.32 Å². The zero-order valence-corrected chi connectivity index (χ0v) is 12.3. The summed E-state index contributed by atoms with van der Waals surface area (Å²) in [7, 11) is 0. The summed E-state index contributed by atoms with van der Waals surface area (Å²) in [5.41, 5.74) is 0.541. The van der Waals surface area contributed by atoms with E-state index < -0.39 is 0 Å². The highest BCUT2D eigenvalue weighted by Gasteiger charge is 2.29. The lowest BCUT2D eigenvalue weighted by Gasteiger charge is -2.34. The van der Waals surface area contributed by atoms with Crippen LogP contribution in [0.4, 0.5) is 0 Å². The molecule has 2 saturated carbocycles. The zero-order chi connectivity index (χ0) is 13.0. The molecule has 2 rings (SSSR count). The number of aliphatic hydroxyl groups is 1. The van der Waals surface area contributed by atoms with E-state index in [1.165, 1.54) is 57.8 Å². The summed E-state index contributed by atoms with van der Waals surface area (Å²) in [6, 6.07) is 1.28. The van der Waals surface area contributed by atoms with E-state index in [0.717, 1.165) is 0 Å². The van der Waals surface area contributed by atoms with Crippen LogP contribution >= 0.6 is 0 Å². The van der Waals surface area contributed by atoms with Crippen LogP contribution < -0.4 is 5.32 Å². The van der Waals surface area contributed by atoms with Crippen molar-refractivity contribution >= 4 is 0 Å². The molecule has 0 radical (unpaired) electrons. The van der Waals surface area contributed by atoms with Gasteiger partial charge in [0.2, 0.25) is 0 Å². The number of hydrogen-bond acceptors (Lipinski definition) is 2. The van der Waals surface area contributed by atoms with Gasteiger partial charge in [-0.3, -0.25) is 0 Å². The van der Waals surface area contributed by atoms with Crippen molar-refractivity contribution in [3.05, 3.63) is 0 Å². The van der Waals surface area contributed by atoms with E-state index in [0.29, 0.717) is 30.0 Å². The number of nitrogens with one attached hydrogen (secondary N) is 1. The van der Waals surface area contributed by atoms with Gasteiger partial charge in [0.25, 0.3) is 0 Å². The van der Waals surface area contributed by atoms with Gasteiger partial charge in [-0.15, -0.1) is 0 Å². The molecular weight excluding hydrogens is 222 g/mol. The highest BCUT2D eigenvalue weighted by Crippen LogP contribution is 2.34. The van der Waals surface area contributed by atoms with Crippen LogP contribution in [0, 0.1) is 11.3 Å². The van der Waals surface area contributed by atoms with Crippen LogP contribution in [0.2, 0.25) is 0 Å². The molecular formula is C16H31NO. The molecule has 106 valence electrons. The molecule has 0 aromatic heterocycles. The van der Waals surface area contributed by atoms with E-state index in [1.807, 2.05) is 0 Å². The van der Waals surface area contributed by atoms with Gasteiger partial charge >= 0.3 is 0 Å². The molecule has 0 aliphatic heterocycles. The molecule has 0 amide bonds. The Morgan fingerprint density at radius 2 is 1.78 bits per heavy atom. The van der Waals surface area contributed by atoms with Crippen molar-refractivity contribution in [3.8, 4) is 0 Å². The van der Waals surface area contributed by atoms with E-state index in [-0.39, 0.29) is 0 Å². The zero-order valence-electron chi connectivity index (χ0n) is 12.3. The Kier molecular flexibility index (Phi) is 5.08. The summed E-state index contributed by atoms with van der Waals surface area (Å²) in [4.78, 5) is 0. The third-order valence-corrected chi connectivity index (χ3v) is 5.17. The first-order chi connectivity index (χ1) is 8.61. The largest absolute Gasteiger partial charge is 0.396 e. The fourth-order valence-corrected chi connectivity index (χ4v) is 3.78. The Hall–Kier alpha value is -0.0800. The van der Waals surface area contributed by atoms with Gasteiger partial charge in [0.05, 0.1) is 0 Å². The first-order valence-corrected chi connectivity index (χ1v) is 7.98. The molecule has 0 aromatic carbocycles. The average Bonchev–Trinajstić information content (AvgIpc) is 2.52. The lowest BCUT2D eigenvalue weighted by Crippen LogP contribution is -2.45. The summed E-state index contributed by atoms with van der Waals surface area (Å²) in [6.45, 7) is 5.19. The van der Waals surface area contributed by atoms with Gasteiger partial charge in [0.1, 0.15) is 0 Å². The normalized spacial score (nSPS) is 37.2. The van der Waals surface area contributed by atoms with Crippen molar-refractivity contribution in [3.63, 3.8) is 0 Å². The molecule has 2 heteroatoms. The standard InChI is InChI=1S/C16H31NO/c1-16(2)10-5-7-14(9-11-16)17-15-8-4-3-6-13(15)12-18/h13-15,17-18H,3-12H2,1-2H3. The first-order valence-electron chi connectivity index (χ1n) is 7.98. The van der Waals surface area contributed by atoms with Gasteiger partial charge in [0.15, 0.2) is 0 Å². The molecule has 2 aliphatic carbocycles. The lowest BCUT2D eigenvalue weighted by molar-refractivity contribution is 0.143. The van der Waals surface area contributed by atoms with E-state index >= 15 is 0 Å². The minimum absolute atomic E-state index is 0.371. The van der Waals surface area contributed by atoms with Gasteiger partial charge in [-0.05, 0) is 49.9 Å². The Morgan fingerprint density at radius 1 is 1.00 bits per heavy atom. The second kappa shape index (κ2) is 6.38. The Morgan fingerprint density at radius 3 is 2.56 bits per heavy atom. The van der Waals surface area contributed by atoms with E-state index in [2.05, 4.69) is 19.2 Å². The third kappa shape index (κ3) is 3.96. The van der Waals surface area contributed by atoms with Crippen LogP contribution in [0.5, 0.6) is 0 Å². The summed E-state index contributed by atoms with van der Waals surface area (Å²) in [6.07, 6.45) is 11.9. The average molecular weight is 253 g/mol. The molecule has 3 unspecified atom stereocenters. The molecule has 18 heavy (non-hydrogen) atoms. The minimum Gasteiger partial charge on any atom is -0.396 e. The number of rotatable bonds is 3. The summed E-state index contributed by atoms with van der Waals surface area (Å²) in [5.74, 6) is 0.509. The molecule has 2 aliphatic rings. The van der Waals surface area contributed by atoms with Crippen LogP contribution in [0.15, 0.2) is 0 Å². The SMILES string of the molecule is CC1(C)CCCC(NC2CCCCC2CO)CC1. The van der Waals surface area contributed by atoms with Crippen LogP contribution in [0.25, 0.3) is 0 Å². The third-order valence-electron chi connectivity index (χ3n) is 5.17. The van der Waals surface area contributed by atoms with Crippen LogP contribution in [-0.2, 0) is 0 Å². The summed E-state index contributed by atoms with van der Waals surface area (Å²) >= 11 is 0. The minimum atomic E-state index is 0.371. The summed E-state index contributed by atoms with van der Waals surface area (Å²) < 4.78 is 0. The highest BCUT2D eigenvalue weighted by molar-refractivity contribution is 4.86. The van der Waals surface area contributed by atoms with Gasteiger partial charge in [0, 0.05) is 18.7 Å². The maximum Gasteiger partial charge on any atom is 0.0474 e. The Bertz CT molecular complexity index is 251. The van der Waals surface area contributed by atoms with Crippen molar-refractivity contribution in [2.45, 2.75) is 83.7 Å². The molecule has 3 atom stereocenters. The lowest BCUT2D eigenvalue weighted by atomic mass is 9.83. The smallest absolute Gasteiger partial charge is 0.0474 e. The number of hydrogen-bond donors (Lipinski definition) is 2. The molecule has 2 N–H and O–H groups in total. The molecule has 0 heterocycles. The van der Waals surface area contributed by atoms with Gasteiger partial charge in [-0.1, -0.05) is 33.1 Å². The van der Waals surface area contributed by atoms with E-state index in [4.69, 9.17) is 0 Å². The molecule has 2 fully saturated rings. The van der Waals surface area contributed by atoms with Gasteiger partial charge < -0.3 is 10.4 Å². The fourth-order valence-electron chi connectivity index (χ4n) is 3.78. The first kappa shape index (κ1) is 14.3. The van der Waals surface area contributed by atoms with Crippen LogP contribution in [0.1, 0.15) is 71.6 Å². The van der Waals surface area contributed by atoms with Crippen LogP contribution in [0.3, 0.4) is 0 Å². The van der Waals surface area contributed by atoms with Crippen molar-refractivity contribution in [1.29, 1.82) is 0 Å². The maximum absolute atomic E-state index is 9.49. The topological polar surface area (TPSA) is 32.3 Å². The number of aliphatic hydroxyl groups excluding tert-OH is 1. The maximum atomic E-state index is 9.49. The van der Waals surface area contributed by atoms with E-state index in [9.17, 15) is 5.11 Å². The van der Waals surface area contributed by atoms with E-state index in [1.54, 1.807) is 0 Å². The molecule has 0 spiro atoms. The van der Waals surface area contributed by atoms with Gasteiger partial charge in [-0.25, -0.2) is 0 Å². The monoisotopic (exact) mass is 253 g/mol. The summed E-state index contributed by atoms with van der Waals surface area (Å²) in [5, 5.41) is 13.4. The van der Waals surface area contributed by atoms with Crippen molar-refractivity contribution < 1.29 is 5.11 Å². The van der Waals surface area contributed by atoms with Crippen molar-refractivity contribution in [2.75, 3.05) is 6.61 Å². The van der Waals surface area contributed by atoms with Crippen molar-refractivity contribution in [2.24, 2.45) is 11.3 Å². The predicted octanol–water partition coefficient (Wildman–Crippen LogP) is 3.49. The quantitative estimate of drug-likeness (QED) is 0.755. The highest BCUT2D eigenvalue weighted by atomic mass is 16.3. The van der Waals surface area contributed by atoms with Gasteiger partial charge in [-0.2, -0.15) is 0 Å². The second-order valence-electron chi connectivity index (χ2n) is 7.29. The fraction of sp³-hybridized carbons (Fsp3) is 1.00. The Labute approximate surface area is 113 Å². The predicted molar refractivity (Wildman–Crippen MR) is 76.6 cm³/mol. The van der Waals surface area contributed by atoms with Crippen LogP contribution in [-0.4, -0.2) is 23.8 Å². The second-order valence-corrected chi connectivity index (χ2v) is 7.29. The molecule has 0 aromatic rings. The molecule has 0 saturated heterocycles. The molecule has 2 nitrogen and oxygen atoms in total.